The molecule has 0 aromatic rings. The molecule has 0 spiro atoms. The Morgan fingerprint density at radius 3 is 2.06 bits per heavy atom. The Hall–Kier alpha value is -0.0700. The van der Waals surface area contributed by atoms with Crippen LogP contribution in [0.5, 0.6) is 0 Å². The van der Waals surface area contributed by atoms with Crippen LogP contribution in [0, 0.1) is 0 Å². The maximum Gasteiger partial charge on any atom is 0.335 e. The monoisotopic (exact) mass is 276 g/mol. The predicted octanol–water partition coefficient (Wildman–Crippen LogP) is 1.98. The fourth-order valence-electron chi connectivity index (χ4n) is 1.19. The first-order valence-electron chi connectivity index (χ1n) is 5.17. The molecule has 0 bridgehead atoms. The van der Waals surface area contributed by atoms with Crippen molar-refractivity contribution in [1.82, 2.24) is 0 Å². The summed E-state index contributed by atoms with van der Waals surface area (Å²) in [6.45, 7) is 1.70. The first-order valence-corrected chi connectivity index (χ1v) is 6.90. The van der Waals surface area contributed by atoms with Gasteiger partial charge >= 0.3 is 13.5 Å². The minimum atomic E-state index is -3.91. The molecule has 0 radical (unpaired) electrons. The quantitative estimate of drug-likeness (QED) is 0.523. The number of alkyl halides is 2. The smallest absolute Gasteiger partial charge is 0.335 e. The molecule has 0 amide bonds. The van der Waals surface area contributed by atoms with Gasteiger partial charge in [-0.05, 0) is 6.42 Å². The summed E-state index contributed by atoms with van der Waals surface area (Å²) >= 11 is 0. The summed E-state index contributed by atoms with van der Waals surface area (Å²) in [4.78, 5) is 0. The standard InChI is InChI=1S/C9H19F2O5P/c1-4-5-6-8(10,11)9(12,13)7-17(14,15-2)16-3/h12-13H,4-7H2,1-3H3. The number of hydrogen-bond donors (Lipinski definition) is 2. The van der Waals surface area contributed by atoms with Crippen molar-refractivity contribution in [2.45, 2.75) is 37.9 Å². The Morgan fingerprint density at radius 1 is 1.24 bits per heavy atom. The highest BCUT2D eigenvalue weighted by atomic mass is 31.2. The van der Waals surface area contributed by atoms with Gasteiger partial charge < -0.3 is 19.3 Å². The van der Waals surface area contributed by atoms with Crippen LogP contribution in [0.1, 0.15) is 26.2 Å². The summed E-state index contributed by atoms with van der Waals surface area (Å²) in [5.74, 6) is -7.18. The predicted molar refractivity (Wildman–Crippen MR) is 58.1 cm³/mol. The molecule has 17 heavy (non-hydrogen) atoms. The van der Waals surface area contributed by atoms with E-state index in [1.807, 2.05) is 0 Å². The van der Waals surface area contributed by atoms with Gasteiger partial charge in [-0.2, -0.15) is 0 Å². The van der Waals surface area contributed by atoms with Crippen LogP contribution in [0.25, 0.3) is 0 Å². The number of aliphatic hydroxyl groups is 2. The summed E-state index contributed by atoms with van der Waals surface area (Å²) in [6.07, 6.45) is -1.27. The van der Waals surface area contributed by atoms with Crippen LogP contribution in [0.15, 0.2) is 0 Å². The van der Waals surface area contributed by atoms with Crippen molar-refractivity contribution in [1.29, 1.82) is 0 Å². The van der Waals surface area contributed by atoms with E-state index in [4.69, 9.17) is 0 Å². The lowest BCUT2D eigenvalue weighted by Crippen LogP contribution is -2.51. The van der Waals surface area contributed by atoms with Crippen molar-refractivity contribution in [2.75, 3.05) is 20.4 Å². The lowest BCUT2D eigenvalue weighted by molar-refractivity contribution is -0.285. The van der Waals surface area contributed by atoms with Gasteiger partial charge in [-0.15, -0.1) is 0 Å². The molecule has 0 fully saturated rings. The van der Waals surface area contributed by atoms with Gasteiger partial charge in [0.2, 0.25) is 5.79 Å². The zero-order valence-corrected chi connectivity index (χ0v) is 11.0. The Labute approximate surface area is 99.3 Å². The van der Waals surface area contributed by atoms with Gasteiger partial charge in [-0.25, -0.2) is 8.78 Å². The highest BCUT2D eigenvalue weighted by Crippen LogP contribution is 2.51. The molecule has 0 aliphatic carbocycles. The zero-order valence-electron chi connectivity index (χ0n) is 10.2. The van der Waals surface area contributed by atoms with Crippen molar-refractivity contribution >= 4 is 7.60 Å². The van der Waals surface area contributed by atoms with Crippen LogP contribution in [0.4, 0.5) is 8.78 Å². The Kier molecular flexibility index (Phi) is 6.18. The molecule has 0 unspecified atom stereocenters. The first kappa shape index (κ1) is 16.9. The average Bonchev–Trinajstić information content (AvgIpc) is 2.25. The molecule has 0 heterocycles. The fraction of sp³-hybridized carbons (Fsp3) is 1.00. The fourth-order valence-corrected chi connectivity index (χ4v) is 2.37. The van der Waals surface area contributed by atoms with Gasteiger partial charge in [-0.1, -0.05) is 13.3 Å². The molecule has 0 saturated carbocycles. The van der Waals surface area contributed by atoms with Crippen LogP contribution in [-0.4, -0.2) is 42.3 Å². The highest BCUT2D eigenvalue weighted by Gasteiger charge is 2.54. The largest absolute Gasteiger partial charge is 0.360 e. The third-order valence-electron chi connectivity index (χ3n) is 2.40. The van der Waals surface area contributed by atoms with E-state index in [1.165, 1.54) is 0 Å². The second-order valence-electron chi connectivity index (χ2n) is 3.76. The highest BCUT2D eigenvalue weighted by molar-refractivity contribution is 7.53. The lowest BCUT2D eigenvalue weighted by atomic mass is 10.0. The molecule has 0 rings (SSSR count). The van der Waals surface area contributed by atoms with E-state index in [0.29, 0.717) is 6.42 Å². The molecular weight excluding hydrogens is 257 g/mol. The molecule has 2 N–H and O–H groups in total. The SMILES string of the molecule is CCCCC(F)(F)C(O)(O)CP(=O)(OC)OC. The molecule has 8 heteroatoms. The van der Waals surface area contributed by atoms with Crippen molar-refractivity contribution in [3.63, 3.8) is 0 Å². The molecule has 0 aromatic carbocycles. The molecule has 0 aromatic heterocycles. The molecular formula is C9H19F2O5P. The number of halogens is 2. The molecule has 0 aliphatic heterocycles. The van der Waals surface area contributed by atoms with Gasteiger partial charge in [0.25, 0.3) is 0 Å². The summed E-state index contributed by atoms with van der Waals surface area (Å²) in [7, 11) is -1.93. The van der Waals surface area contributed by atoms with E-state index >= 15 is 0 Å². The third kappa shape index (κ3) is 4.60. The van der Waals surface area contributed by atoms with Crippen LogP contribution in [0.3, 0.4) is 0 Å². The van der Waals surface area contributed by atoms with Crippen molar-refractivity contribution in [2.24, 2.45) is 0 Å². The maximum atomic E-state index is 13.5. The molecule has 0 saturated heterocycles. The summed E-state index contributed by atoms with van der Waals surface area (Å²) in [5, 5.41) is 18.7. The Balaban J connectivity index is 4.81. The topological polar surface area (TPSA) is 76.0 Å². The minimum absolute atomic E-state index is 0.125. The molecule has 0 aliphatic rings. The Morgan fingerprint density at radius 2 is 1.71 bits per heavy atom. The zero-order chi connectivity index (χ0) is 13.7. The van der Waals surface area contributed by atoms with E-state index in [0.717, 1.165) is 14.2 Å². The van der Waals surface area contributed by atoms with E-state index in [1.54, 1.807) is 6.92 Å². The Bertz CT molecular complexity index is 275. The average molecular weight is 276 g/mol. The minimum Gasteiger partial charge on any atom is -0.360 e. The maximum absolute atomic E-state index is 13.5. The lowest BCUT2D eigenvalue weighted by Gasteiger charge is -2.32. The van der Waals surface area contributed by atoms with Crippen LogP contribution < -0.4 is 0 Å². The van der Waals surface area contributed by atoms with Gasteiger partial charge in [0, 0.05) is 20.6 Å². The van der Waals surface area contributed by atoms with Crippen LogP contribution >= 0.6 is 7.60 Å². The van der Waals surface area contributed by atoms with E-state index < -0.39 is 31.9 Å². The van der Waals surface area contributed by atoms with E-state index in [2.05, 4.69) is 9.05 Å². The molecule has 5 nitrogen and oxygen atoms in total. The van der Waals surface area contributed by atoms with Gasteiger partial charge in [0.05, 0.1) is 0 Å². The van der Waals surface area contributed by atoms with E-state index in [9.17, 15) is 23.6 Å². The second-order valence-corrected chi connectivity index (χ2v) is 6.03. The van der Waals surface area contributed by atoms with Crippen molar-refractivity contribution in [3.8, 4) is 0 Å². The molecule has 104 valence electrons. The van der Waals surface area contributed by atoms with Crippen LogP contribution in [0.2, 0.25) is 0 Å². The number of hydrogen-bond acceptors (Lipinski definition) is 5. The molecule has 0 atom stereocenters. The van der Waals surface area contributed by atoms with Gasteiger partial charge in [-0.3, -0.25) is 4.57 Å². The second kappa shape index (κ2) is 6.20. The third-order valence-corrected chi connectivity index (χ3v) is 4.34. The van der Waals surface area contributed by atoms with Gasteiger partial charge in [0.1, 0.15) is 6.16 Å². The van der Waals surface area contributed by atoms with Crippen molar-refractivity contribution in [3.05, 3.63) is 0 Å². The summed E-state index contributed by atoms with van der Waals surface area (Å²) in [6, 6.07) is 0. The summed E-state index contributed by atoms with van der Waals surface area (Å²) < 4.78 is 47.3. The number of rotatable bonds is 8. The van der Waals surface area contributed by atoms with E-state index in [-0.39, 0.29) is 6.42 Å². The van der Waals surface area contributed by atoms with Crippen molar-refractivity contribution < 1.29 is 32.6 Å². The number of unbranched alkanes of at least 4 members (excludes halogenated alkanes) is 1. The van der Waals surface area contributed by atoms with Crippen LogP contribution in [-0.2, 0) is 13.6 Å². The normalized spacial score (nSPS) is 14.1. The summed E-state index contributed by atoms with van der Waals surface area (Å²) in [5.41, 5.74) is 0. The first-order chi connectivity index (χ1) is 7.64. The van der Waals surface area contributed by atoms with Gasteiger partial charge in [0.15, 0.2) is 0 Å².